The molecule has 0 saturated carbocycles. The fraction of sp³-hybridized carbons (Fsp3) is 0.333. The maximum Gasteiger partial charge on any atom is 0.243 e. The molecule has 1 aliphatic rings. The molecule has 0 aromatic heterocycles. The molecule has 218 valence electrons. The predicted octanol–water partition coefficient (Wildman–Crippen LogP) is 4.39. The van der Waals surface area contributed by atoms with E-state index in [-0.39, 0.29) is 44.5 Å². The van der Waals surface area contributed by atoms with Gasteiger partial charge < -0.3 is 19.7 Å². The number of anilines is 1. The Morgan fingerprint density at radius 1 is 0.976 bits per heavy atom. The number of likely N-dealkylation sites (N-methyl/N-ethyl adjacent to an activating group) is 1. The van der Waals surface area contributed by atoms with E-state index in [0.29, 0.717) is 35.2 Å². The van der Waals surface area contributed by atoms with Crippen molar-refractivity contribution in [3.63, 3.8) is 0 Å². The number of hydrogen-bond acceptors (Lipinski definition) is 6. The first kappa shape index (κ1) is 30.2. The number of sulfonamides is 1. The summed E-state index contributed by atoms with van der Waals surface area (Å²) in [6, 6.07) is 20.8. The lowest BCUT2D eigenvalue weighted by Crippen LogP contribution is -2.50. The highest BCUT2D eigenvalue weighted by Crippen LogP contribution is 2.36. The summed E-state index contributed by atoms with van der Waals surface area (Å²) in [5, 5.41) is 3.39. The molecule has 4 rings (SSSR count). The van der Waals surface area contributed by atoms with Crippen molar-refractivity contribution in [2.75, 3.05) is 30.4 Å². The van der Waals surface area contributed by atoms with Gasteiger partial charge in [0.05, 0.1) is 11.9 Å². The number of carbonyl (C=O) groups excluding carboxylic acids is 2. The maximum absolute atomic E-state index is 13.8. The minimum atomic E-state index is -3.65. The molecule has 3 aromatic carbocycles. The molecule has 1 atom stereocenters. The van der Waals surface area contributed by atoms with Crippen molar-refractivity contribution >= 4 is 39.1 Å². The van der Waals surface area contributed by atoms with E-state index in [9.17, 15) is 18.0 Å². The molecule has 1 heterocycles. The van der Waals surface area contributed by atoms with Crippen LogP contribution in [0, 0.1) is 0 Å². The van der Waals surface area contributed by atoms with E-state index in [2.05, 4.69) is 5.32 Å². The van der Waals surface area contributed by atoms with E-state index in [1.54, 1.807) is 41.3 Å². The molecule has 0 fully saturated rings. The van der Waals surface area contributed by atoms with Gasteiger partial charge in [-0.15, -0.1) is 0 Å². The van der Waals surface area contributed by atoms with Crippen LogP contribution in [0.15, 0.2) is 72.8 Å². The largest absolute Gasteiger partial charge is 0.454 e. The molecule has 3 aromatic rings. The summed E-state index contributed by atoms with van der Waals surface area (Å²) >= 11 is 6.22. The Morgan fingerprint density at radius 2 is 1.71 bits per heavy atom. The van der Waals surface area contributed by atoms with Crippen LogP contribution in [0.2, 0.25) is 5.02 Å². The number of halogens is 1. The lowest BCUT2D eigenvalue weighted by molar-refractivity contribution is -0.141. The van der Waals surface area contributed by atoms with E-state index >= 15 is 0 Å². The van der Waals surface area contributed by atoms with Gasteiger partial charge in [-0.05, 0) is 48.7 Å². The number of ether oxygens (including phenoxy) is 2. The summed E-state index contributed by atoms with van der Waals surface area (Å²) < 4.78 is 37.3. The van der Waals surface area contributed by atoms with Gasteiger partial charge >= 0.3 is 0 Å². The van der Waals surface area contributed by atoms with Crippen LogP contribution in [0.3, 0.4) is 0 Å². The van der Waals surface area contributed by atoms with Gasteiger partial charge in [-0.1, -0.05) is 54.1 Å². The fourth-order valence-corrected chi connectivity index (χ4v) is 5.89. The number of nitrogens with zero attached hydrogens (tertiary/aromatic N) is 2. The van der Waals surface area contributed by atoms with Crippen LogP contribution in [0.25, 0.3) is 0 Å². The molecule has 9 nitrogen and oxygen atoms in total. The van der Waals surface area contributed by atoms with Crippen LogP contribution in [-0.4, -0.2) is 57.3 Å². The van der Waals surface area contributed by atoms with Gasteiger partial charge in [0.2, 0.25) is 28.6 Å². The highest BCUT2D eigenvalue weighted by molar-refractivity contribution is 7.92. The number of hydrogen-bond donors (Lipinski definition) is 1. The quantitative estimate of drug-likeness (QED) is 0.312. The lowest BCUT2D eigenvalue weighted by Gasteiger charge is -2.32. The average molecular weight is 600 g/mol. The molecule has 1 aliphatic heterocycles. The number of nitrogens with one attached hydrogen (secondary N) is 1. The minimum Gasteiger partial charge on any atom is -0.454 e. The Bertz CT molecular complexity index is 1470. The van der Waals surface area contributed by atoms with E-state index in [1.165, 1.54) is 4.31 Å². The zero-order chi connectivity index (χ0) is 29.4. The van der Waals surface area contributed by atoms with Crippen molar-refractivity contribution in [3.05, 3.63) is 88.9 Å². The van der Waals surface area contributed by atoms with E-state index < -0.39 is 16.1 Å². The second-order valence-electron chi connectivity index (χ2n) is 9.73. The zero-order valence-electron chi connectivity index (χ0n) is 23.1. The van der Waals surface area contributed by atoms with Crippen molar-refractivity contribution in [3.8, 4) is 11.5 Å². The molecule has 0 aliphatic carbocycles. The monoisotopic (exact) mass is 599 g/mol. The fourth-order valence-electron chi connectivity index (χ4n) is 4.72. The molecular weight excluding hydrogens is 566 g/mol. The topological polar surface area (TPSA) is 105 Å². The van der Waals surface area contributed by atoms with Crippen LogP contribution in [0.4, 0.5) is 5.69 Å². The first-order valence-corrected chi connectivity index (χ1v) is 15.6. The molecule has 0 saturated heterocycles. The molecule has 0 unspecified atom stereocenters. The molecule has 0 spiro atoms. The number of rotatable bonds is 13. The lowest BCUT2D eigenvalue weighted by atomic mass is 10.0. The second-order valence-corrected chi connectivity index (χ2v) is 12.1. The predicted molar refractivity (Wildman–Crippen MR) is 159 cm³/mol. The van der Waals surface area contributed by atoms with Gasteiger partial charge in [0, 0.05) is 43.6 Å². The SMILES string of the molecule is CCNC(=O)[C@@H](Cc1ccccc1)N(Cc1cccc(Cl)c1)C(=O)CCCN(c1ccc2c(c1)OCO2)S(C)(=O)=O. The Morgan fingerprint density at radius 3 is 2.41 bits per heavy atom. The molecule has 1 N–H and O–H groups in total. The third-order valence-electron chi connectivity index (χ3n) is 6.66. The van der Waals surface area contributed by atoms with Crippen LogP contribution >= 0.6 is 11.6 Å². The normalized spacial score (nSPS) is 13.0. The molecular formula is C30H34ClN3O6S. The van der Waals surface area contributed by atoms with Crippen molar-refractivity contribution in [1.29, 1.82) is 0 Å². The smallest absolute Gasteiger partial charge is 0.243 e. The van der Waals surface area contributed by atoms with Crippen molar-refractivity contribution < 1.29 is 27.5 Å². The van der Waals surface area contributed by atoms with Crippen LogP contribution in [0.1, 0.15) is 30.9 Å². The summed E-state index contributed by atoms with van der Waals surface area (Å²) in [5.41, 5.74) is 2.12. The third-order valence-corrected chi connectivity index (χ3v) is 8.09. The average Bonchev–Trinajstić information content (AvgIpc) is 3.41. The first-order chi connectivity index (χ1) is 19.7. The molecule has 0 radical (unpaired) electrons. The van der Waals surface area contributed by atoms with Crippen molar-refractivity contribution in [2.45, 2.75) is 38.8 Å². The summed E-state index contributed by atoms with van der Waals surface area (Å²) in [6.45, 7) is 2.56. The van der Waals surface area contributed by atoms with Gasteiger partial charge in [-0.3, -0.25) is 13.9 Å². The number of carbonyl (C=O) groups is 2. The minimum absolute atomic E-state index is 0.0296. The highest BCUT2D eigenvalue weighted by Gasteiger charge is 2.30. The van der Waals surface area contributed by atoms with Gasteiger partial charge in [0.25, 0.3) is 0 Å². The summed E-state index contributed by atoms with van der Waals surface area (Å²) in [7, 11) is -3.65. The Balaban J connectivity index is 1.56. The van der Waals surface area contributed by atoms with Gasteiger partial charge in [0.15, 0.2) is 11.5 Å². The summed E-state index contributed by atoms with van der Waals surface area (Å²) in [4.78, 5) is 28.7. The maximum atomic E-state index is 13.8. The number of amides is 2. The van der Waals surface area contributed by atoms with E-state index in [1.807, 2.05) is 43.3 Å². The highest BCUT2D eigenvalue weighted by atomic mass is 35.5. The van der Waals surface area contributed by atoms with Crippen LogP contribution in [-0.2, 0) is 32.6 Å². The summed E-state index contributed by atoms with van der Waals surface area (Å²) in [5.74, 6) is 0.482. The molecule has 41 heavy (non-hydrogen) atoms. The van der Waals surface area contributed by atoms with Crippen LogP contribution in [0.5, 0.6) is 11.5 Å². The van der Waals surface area contributed by atoms with Crippen molar-refractivity contribution in [1.82, 2.24) is 10.2 Å². The second kappa shape index (κ2) is 13.7. The van der Waals surface area contributed by atoms with Gasteiger partial charge in [-0.25, -0.2) is 8.42 Å². The third kappa shape index (κ3) is 8.14. The zero-order valence-corrected chi connectivity index (χ0v) is 24.7. The molecule has 0 bridgehead atoms. The Hall–Kier alpha value is -3.76. The van der Waals surface area contributed by atoms with Crippen molar-refractivity contribution in [2.24, 2.45) is 0 Å². The van der Waals surface area contributed by atoms with Crippen LogP contribution < -0.4 is 19.1 Å². The van der Waals surface area contributed by atoms with E-state index in [0.717, 1.165) is 17.4 Å². The summed E-state index contributed by atoms with van der Waals surface area (Å²) in [6.07, 6.45) is 1.71. The van der Waals surface area contributed by atoms with Gasteiger partial charge in [0.1, 0.15) is 6.04 Å². The first-order valence-electron chi connectivity index (χ1n) is 13.4. The molecule has 11 heteroatoms. The Labute approximate surface area is 246 Å². The Kier molecular flexibility index (Phi) is 10.1. The number of fused-ring (bicyclic) bond motifs is 1. The van der Waals surface area contributed by atoms with E-state index in [4.69, 9.17) is 21.1 Å². The standard InChI is InChI=1S/C30H34ClN3O6S/c1-3-32-30(36)26(18-22-9-5-4-6-10-22)33(20-23-11-7-12-24(31)17-23)29(35)13-8-16-34(41(2,37)38)25-14-15-27-28(19-25)40-21-39-27/h4-7,9-12,14-15,17,19,26H,3,8,13,16,18,20-21H2,1-2H3,(H,32,36)/t26-/m1/s1. The molecule has 2 amide bonds. The number of benzene rings is 3. The van der Waals surface area contributed by atoms with Gasteiger partial charge in [-0.2, -0.15) is 0 Å².